The molecule has 0 radical (unpaired) electrons. The molecule has 0 bridgehead atoms. The van der Waals surface area contributed by atoms with Crippen molar-refractivity contribution in [1.82, 2.24) is 15.2 Å². The zero-order valence-electron chi connectivity index (χ0n) is 14.0. The van der Waals surface area contributed by atoms with Crippen LogP contribution in [0.4, 0.5) is 31.5 Å². The van der Waals surface area contributed by atoms with Crippen LogP contribution in [0.2, 0.25) is 0 Å². The topological polar surface area (TPSA) is 93.1 Å². The van der Waals surface area contributed by atoms with E-state index in [0.717, 1.165) is 14.0 Å². The van der Waals surface area contributed by atoms with Crippen LogP contribution >= 0.6 is 11.3 Å². The van der Waals surface area contributed by atoms with Crippen molar-refractivity contribution in [3.8, 4) is 0 Å². The van der Waals surface area contributed by atoms with Crippen LogP contribution in [0.3, 0.4) is 0 Å². The van der Waals surface area contributed by atoms with Crippen LogP contribution in [0.1, 0.15) is 28.0 Å². The Balaban J connectivity index is 2.54. The number of alkyl halides is 6. The zero-order valence-corrected chi connectivity index (χ0v) is 15.6. The number of aromatic nitrogens is 3. The van der Waals surface area contributed by atoms with Gasteiger partial charge in [0.15, 0.2) is 9.84 Å². The molecule has 0 saturated heterocycles. The van der Waals surface area contributed by atoms with Gasteiger partial charge in [-0.15, -0.1) is 10.2 Å². The van der Waals surface area contributed by atoms with Crippen molar-refractivity contribution in [2.45, 2.75) is 24.2 Å². The largest absolute Gasteiger partial charge is 0.445 e. The van der Waals surface area contributed by atoms with Gasteiger partial charge in [0.1, 0.15) is 5.69 Å². The number of nitrogens with zero attached hydrogens (tertiary/aromatic N) is 4. The van der Waals surface area contributed by atoms with Crippen molar-refractivity contribution in [3.05, 3.63) is 28.5 Å². The Hall–Kier alpha value is -2.29. The van der Waals surface area contributed by atoms with Crippen molar-refractivity contribution >= 4 is 32.2 Å². The standard InChI is InChI=1S/C13H10F6N4O3S2/c1-3-28(25,26)7-4-6(12(14,15)16)5-20-8(7)9(24)23(2)11-22-21-10(27-11)13(17,18)19/h4-5H,3H2,1-2H3. The fourth-order valence-corrected chi connectivity index (χ4v) is 3.59. The molecular formula is C13H10F6N4O3S2. The molecule has 0 aliphatic rings. The number of sulfone groups is 1. The Morgan fingerprint density at radius 2 is 1.75 bits per heavy atom. The van der Waals surface area contributed by atoms with E-state index < -0.39 is 60.1 Å². The summed E-state index contributed by atoms with van der Waals surface area (Å²) in [6, 6.07) is 0.258. The summed E-state index contributed by atoms with van der Waals surface area (Å²) in [7, 11) is -3.35. The molecule has 0 atom stereocenters. The third-order valence-electron chi connectivity index (χ3n) is 3.35. The molecule has 0 N–H and O–H groups in total. The summed E-state index contributed by atoms with van der Waals surface area (Å²) in [6.07, 6.45) is -9.47. The fraction of sp³-hybridized carbons (Fsp3) is 0.385. The van der Waals surface area contributed by atoms with E-state index in [1.54, 1.807) is 0 Å². The van der Waals surface area contributed by atoms with Gasteiger partial charge in [-0.25, -0.2) is 13.4 Å². The molecule has 0 aromatic carbocycles. The Morgan fingerprint density at radius 1 is 1.14 bits per heavy atom. The SMILES string of the molecule is CCS(=O)(=O)c1cc(C(F)(F)F)cnc1C(=O)N(C)c1nnc(C(F)(F)F)s1. The minimum absolute atomic E-state index is 0.00192. The van der Waals surface area contributed by atoms with Crippen molar-refractivity contribution in [3.63, 3.8) is 0 Å². The molecule has 0 fully saturated rings. The molecule has 15 heteroatoms. The molecule has 28 heavy (non-hydrogen) atoms. The van der Waals surface area contributed by atoms with Gasteiger partial charge in [-0.3, -0.25) is 9.69 Å². The summed E-state index contributed by atoms with van der Waals surface area (Å²) < 4.78 is 101. The molecule has 0 aliphatic heterocycles. The average Bonchev–Trinajstić information content (AvgIpc) is 3.09. The lowest BCUT2D eigenvalue weighted by molar-refractivity contribution is -0.138. The first-order valence-electron chi connectivity index (χ1n) is 7.17. The number of hydrogen-bond acceptors (Lipinski definition) is 7. The van der Waals surface area contributed by atoms with Gasteiger partial charge < -0.3 is 0 Å². The summed E-state index contributed by atoms with van der Waals surface area (Å²) in [5, 5.41) is 4.17. The van der Waals surface area contributed by atoms with Crippen molar-refractivity contribution < 1.29 is 39.6 Å². The second kappa shape index (κ2) is 7.27. The summed E-state index contributed by atoms with van der Waals surface area (Å²) >= 11 is -0.00192. The summed E-state index contributed by atoms with van der Waals surface area (Å²) in [4.78, 5) is 15.4. The molecule has 0 aliphatic carbocycles. The fourth-order valence-electron chi connectivity index (χ4n) is 1.86. The van der Waals surface area contributed by atoms with Gasteiger partial charge in [0.25, 0.3) is 5.91 Å². The van der Waals surface area contributed by atoms with Gasteiger partial charge >= 0.3 is 12.4 Å². The van der Waals surface area contributed by atoms with E-state index in [1.807, 2.05) is 0 Å². The number of anilines is 1. The van der Waals surface area contributed by atoms with Crippen LogP contribution in [0.15, 0.2) is 17.2 Å². The van der Waals surface area contributed by atoms with E-state index in [1.165, 1.54) is 0 Å². The van der Waals surface area contributed by atoms with E-state index >= 15 is 0 Å². The van der Waals surface area contributed by atoms with E-state index in [-0.39, 0.29) is 23.6 Å². The van der Waals surface area contributed by atoms with Gasteiger partial charge in [-0.2, -0.15) is 26.3 Å². The van der Waals surface area contributed by atoms with Crippen LogP contribution in [0.5, 0.6) is 0 Å². The van der Waals surface area contributed by atoms with E-state index in [9.17, 15) is 39.6 Å². The van der Waals surface area contributed by atoms with E-state index in [0.29, 0.717) is 4.90 Å². The van der Waals surface area contributed by atoms with Crippen LogP contribution < -0.4 is 4.90 Å². The monoisotopic (exact) mass is 448 g/mol. The summed E-state index contributed by atoms with van der Waals surface area (Å²) in [5.74, 6) is -1.89. The predicted molar refractivity (Wildman–Crippen MR) is 84.6 cm³/mol. The van der Waals surface area contributed by atoms with Crippen molar-refractivity contribution in [2.24, 2.45) is 0 Å². The maximum atomic E-state index is 12.9. The number of amides is 1. The lowest BCUT2D eigenvalue weighted by atomic mass is 10.2. The van der Waals surface area contributed by atoms with Gasteiger partial charge in [-0.05, 0) is 6.07 Å². The molecule has 2 aromatic heterocycles. The molecule has 0 saturated carbocycles. The van der Waals surface area contributed by atoms with Gasteiger partial charge in [-0.1, -0.05) is 18.3 Å². The lowest BCUT2D eigenvalue weighted by Gasteiger charge is -2.16. The quantitative estimate of drug-likeness (QED) is 0.668. The van der Waals surface area contributed by atoms with Crippen LogP contribution in [0, 0.1) is 0 Å². The molecule has 7 nitrogen and oxygen atoms in total. The molecule has 0 unspecified atom stereocenters. The number of pyridine rings is 1. The predicted octanol–water partition coefficient (Wildman–Crippen LogP) is 3.04. The third-order valence-corrected chi connectivity index (χ3v) is 6.13. The molecule has 2 aromatic rings. The molecular weight excluding hydrogens is 438 g/mol. The minimum atomic E-state index is -4.92. The summed E-state index contributed by atoms with van der Waals surface area (Å²) in [5.41, 5.74) is -2.27. The second-order valence-electron chi connectivity index (χ2n) is 5.22. The first-order valence-corrected chi connectivity index (χ1v) is 9.64. The highest BCUT2D eigenvalue weighted by Gasteiger charge is 2.38. The Bertz CT molecular complexity index is 1000. The van der Waals surface area contributed by atoms with Gasteiger partial charge in [0.2, 0.25) is 10.1 Å². The molecule has 2 heterocycles. The Morgan fingerprint density at radius 3 is 2.21 bits per heavy atom. The summed E-state index contributed by atoms with van der Waals surface area (Å²) in [6.45, 7) is 1.15. The average molecular weight is 448 g/mol. The van der Waals surface area contributed by atoms with E-state index in [4.69, 9.17) is 0 Å². The molecule has 0 spiro atoms. The van der Waals surface area contributed by atoms with Gasteiger partial charge in [0, 0.05) is 13.2 Å². The number of hydrogen-bond donors (Lipinski definition) is 0. The second-order valence-corrected chi connectivity index (χ2v) is 8.43. The first-order chi connectivity index (χ1) is 12.7. The minimum Gasteiger partial charge on any atom is -0.284 e. The number of carbonyl (C=O) groups is 1. The zero-order chi connectivity index (χ0) is 21.5. The van der Waals surface area contributed by atoms with Crippen LogP contribution in [-0.2, 0) is 22.2 Å². The first kappa shape index (κ1) is 22.0. The Labute approximate surface area is 157 Å². The molecule has 154 valence electrons. The number of rotatable bonds is 4. The van der Waals surface area contributed by atoms with Crippen molar-refractivity contribution in [2.75, 3.05) is 17.7 Å². The highest BCUT2D eigenvalue weighted by atomic mass is 32.2. The Kier molecular flexibility index (Phi) is 5.71. The molecule has 1 amide bonds. The highest BCUT2D eigenvalue weighted by Crippen LogP contribution is 2.35. The van der Waals surface area contributed by atoms with Gasteiger partial charge in [0.05, 0.1) is 16.2 Å². The number of carbonyl (C=O) groups excluding carboxylic acids is 1. The normalized spacial score (nSPS) is 12.9. The maximum Gasteiger partial charge on any atom is 0.445 e. The lowest BCUT2D eigenvalue weighted by Crippen LogP contribution is -2.29. The molecule has 2 rings (SSSR count). The highest BCUT2D eigenvalue weighted by molar-refractivity contribution is 7.91. The van der Waals surface area contributed by atoms with Crippen molar-refractivity contribution in [1.29, 1.82) is 0 Å². The van der Waals surface area contributed by atoms with Crippen LogP contribution in [0.25, 0.3) is 0 Å². The third kappa shape index (κ3) is 4.40. The number of halogens is 6. The van der Waals surface area contributed by atoms with Crippen LogP contribution in [-0.4, -0.2) is 42.3 Å². The smallest absolute Gasteiger partial charge is 0.284 e. The maximum absolute atomic E-state index is 12.9. The van der Waals surface area contributed by atoms with E-state index in [2.05, 4.69) is 15.2 Å².